The Hall–Kier alpha value is -2.43. The topological polar surface area (TPSA) is 122 Å². The van der Waals surface area contributed by atoms with Gasteiger partial charge in [-0.1, -0.05) is 18.2 Å². The smallest absolute Gasteiger partial charge is 0.322 e. The molecule has 8 nitrogen and oxygen atoms in total. The van der Waals surface area contributed by atoms with Crippen LogP contribution in [0.3, 0.4) is 0 Å². The molecule has 3 amide bonds. The average Bonchev–Trinajstić information content (AvgIpc) is 2.81. The largest absolute Gasteiger partial charge is 0.397 e. The van der Waals surface area contributed by atoms with Crippen LogP contribution in [0.2, 0.25) is 0 Å². The maximum absolute atomic E-state index is 12.9. The lowest BCUT2D eigenvalue weighted by Gasteiger charge is -2.41. The number of benzene rings is 2. The summed E-state index contributed by atoms with van der Waals surface area (Å²) in [4.78, 5) is 41.6. The molecule has 2 aromatic rings. The van der Waals surface area contributed by atoms with E-state index in [0.717, 1.165) is 11.3 Å². The van der Waals surface area contributed by atoms with Gasteiger partial charge < -0.3 is 26.6 Å². The van der Waals surface area contributed by atoms with Crippen LogP contribution in [0, 0.1) is 0 Å². The monoisotopic (exact) mass is 577 g/mol. The van der Waals surface area contributed by atoms with Crippen molar-refractivity contribution in [2.24, 2.45) is 5.73 Å². The Morgan fingerprint density at radius 1 is 1.12 bits per heavy atom. The fourth-order valence-corrected chi connectivity index (χ4v) is 5.49. The van der Waals surface area contributed by atoms with Crippen LogP contribution in [-0.4, -0.2) is 52.7 Å². The summed E-state index contributed by atoms with van der Waals surface area (Å²) >= 11 is 6.66. The zero-order valence-electron chi connectivity index (χ0n) is 17.9. The van der Waals surface area contributed by atoms with Crippen molar-refractivity contribution in [3.05, 3.63) is 56.5 Å². The van der Waals surface area contributed by atoms with Gasteiger partial charge in [-0.3, -0.25) is 9.59 Å². The fourth-order valence-electron chi connectivity index (χ4n) is 4.30. The molecule has 0 saturated carbocycles. The maximum atomic E-state index is 12.9. The zero-order valence-corrected chi connectivity index (χ0v) is 21.1. The van der Waals surface area contributed by atoms with E-state index in [2.05, 4.69) is 37.2 Å². The van der Waals surface area contributed by atoms with E-state index in [9.17, 15) is 14.4 Å². The van der Waals surface area contributed by atoms with Crippen LogP contribution in [0.5, 0.6) is 0 Å². The minimum absolute atomic E-state index is 0.0461. The minimum Gasteiger partial charge on any atom is -0.397 e. The lowest BCUT2D eigenvalue weighted by Crippen LogP contribution is -2.53. The molecule has 33 heavy (non-hydrogen) atoms. The Morgan fingerprint density at radius 2 is 1.76 bits per heavy atom. The predicted molar refractivity (Wildman–Crippen MR) is 134 cm³/mol. The number of nitrogens with zero attached hydrogens (tertiary/aromatic N) is 2. The van der Waals surface area contributed by atoms with Gasteiger partial charge >= 0.3 is 6.03 Å². The second-order valence-corrected chi connectivity index (χ2v) is 10.1. The van der Waals surface area contributed by atoms with E-state index >= 15 is 0 Å². The first-order valence-corrected chi connectivity index (χ1v) is 12.3. The third-order valence-electron chi connectivity index (χ3n) is 6.20. The Morgan fingerprint density at radius 3 is 2.42 bits per heavy atom. The van der Waals surface area contributed by atoms with E-state index in [1.165, 1.54) is 0 Å². The number of ketones is 1. The number of nitrogens with one attached hydrogen (secondary N) is 1. The number of nitrogens with two attached hydrogens (primary N) is 2. The molecule has 2 aliphatic rings. The van der Waals surface area contributed by atoms with E-state index in [1.54, 1.807) is 17.0 Å². The van der Waals surface area contributed by atoms with Crippen LogP contribution in [-0.2, 0) is 11.3 Å². The summed E-state index contributed by atoms with van der Waals surface area (Å²) in [5.74, 6) is -0.473. The van der Waals surface area contributed by atoms with E-state index in [4.69, 9.17) is 11.5 Å². The Balaban J connectivity index is 1.33. The van der Waals surface area contributed by atoms with Gasteiger partial charge in [0.05, 0.1) is 11.7 Å². The summed E-state index contributed by atoms with van der Waals surface area (Å²) in [6.07, 6.45) is 1.24. The number of carbonyl (C=O) groups is 3. The number of para-hydroxylation sites is 1. The van der Waals surface area contributed by atoms with Gasteiger partial charge in [-0.05, 0) is 68.5 Å². The maximum Gasteiger partial charge on any atom is 0.322 e. The van der Waals surface area contributed by atoms with E-state index in [0.29, 0.717) is 52.7 Å². The van der Waals surface area contributed by atoms with Crippen LogP contribution < -0.4 is 16.8 Å². The highest BCUT2D eigenvalue weighted by atomic mass is 79.9. The van der Waals surface area contributed by atoms with Crippen molar-refractivity contribution in [3.63, 3.8) is 0 Å². The molecule has 0 bridgehead atoms. The number of hydrogen-bond donors (Lipinski definition) is 3. The molecule has 1 saturated heterocycles. The fraction of sp³-hybridized carbons (Fsp3) is 0.348. The second kappa shape index (κ2) is 9.82. The van der Waals surface area contributed by atoms with E-state index in [1.807, 2.05) is 29.2 Å². The number of urea groups is 1. The van der Waals surface area contributed by atoms with Crippen LogP contribution >= 0.6 is 31.9 Å². The number of anilines is 2. The van der Waals surface area contributed by atoms with Gasteiger partial charge in [-0.15, -0.1) is 0 Å². The second-order valence-electron chi connectivity index (χ2n) is 8.36. The highest BCUT2D eigenvalue weighted by Gasteiger charge is 2.34. The number of carbonyl (C=O) groups excluding carboxylic acids is 3. The molecular weight excluding hydrogens is 554 g/mol. The van der Waals surface area contributed by atoms with Crippen molar-refractivity contribution >= 4 is 61.0 Å². The zero-order chi connectivity index (χ0) is 23.7. The summed E-state index contributed by atoms with van der Waals surface area (Å²) in [6, 6.07) is 10.0. The first-order valence-electron chi connectivity index (χ1n) is 10.7. The van der Waals surface area contributed by atoms with Crippen LogP contribution in [0.25, 0.3) is 0 Å². The molecule has 0 aliphatic carbocycles. The van der Waals surface area contributed by atoms with Crippen LogP contribution in [0.1, 0.15) is 35.2 Å². The van der Waals surface area contributed by atoms with Gasteiger partial charge in [0.15, 0.2) is 5.78 Å². The number of rotatable bonds is 5. The number of amides is 3. The average molecular weight is 579 g/mol. The van der Waals surface area contributed by atoms with Crippen LogP contribution in [0.15, 0.2) is 45.3 Å². The molecule has 0 radical (unpaired) electrons. The molecule has 10 heteroatoms. The normalized spacial score (nSPS) is 17.4. The first-order chi connectivity index (χ1) is 15.7. The number of Topliss-reactive ketones (excluding diaryl/α,β-unsaturated/α-hetero) is 1. The van der Waals surface area contributed by atoms with Crippen molar-refractivity contribution in [2.45, 2.75) is 37.9 Å². The third kappa shape index (κ3) is 5.07. The Labute approximate surface area is 208 Å². The lowest BCUT2D eigenvalue weighted by atomic mass is 9.99. The van der Waals surface area contributed by atoms with Crippen molar-refractivity contribution < 1.29 is 14.4 Å². The van der Waals surface area contributed by atoms with Crippen molar-refractivity contribution in [1.29, 1.82) is 0 Å². The van der Waals surface area contributed by atoms with Crippen molar-refractivity contribution in [2.75, 3.05) is 24.1 Å². The summed E-state index contributed by atoms with van der Waals surface area (Å²) in [5, 5.41) is 2.94. The van der Waals surface area contributed by atoms with Gasteiger partial charge in [-0.2, -0.15) is 0 Å². The number of piperidine rings is 1. The van der Waals surface area contributed by atoms with Gasteiger partial charge in [0, 0.05) is 52.3 Å². The molecule has 0 aromatic heterocycles. The lowest BCUT2D eigenvalue weighted by molar-refractivity contribution is -0.134. The van der Waals surface area contributed by atoms with E-state index < -0.39 is 6.04 Å². The van der Waals surface area contributed by atoms with Gasteiger partial charge in [0.2, 0.25) is 5.91 Å². The molecular formula is C23H25Br2N5O3. The molecule has 174 valence electrons. The number of halogens is 2. The Bertz CT molecular complexity index is 1080. The van der Waals surface area contributed by atoms with Gasteiger partial charge in [0.1, 0.15) is 0 Å². The molecule has 0 spiro atoms. The number of hydrogen-bond acceptors (Lipinski definition) is 5. The summed E-state index contributed by atoms with van der Waals surface area (Å²) in [7, 11) is 0. The molecule has 1 unspecified atom stereocenters. The predicted octanol–water partition coefficient (Wildman–Crippen LogP) is 3.73. The van der Waals surface area contributed by atoms with Gasteiger partial charge in [0.25, 0.3) is 0 Å². The minimum atomic E-state index is -0.922. The number of nitrogen functional groups attached to an aromatic ring is 1. The molecule has 1 fully saturated rings. The standard InChI is InChI=1S/C23H25Br2N5O3/c24-16-9-14(10-17(25)21(16)27)20(31)11-18(26)22(32)29-7-5-15(6-8-29)30-12-13-3-1-2-4-19(13)28-23(30)33/h1-4,9-10,15,18H,5-8,11-12,26-27H2,(H,28,33). The first kappa shape index (κ1) is 23.7. The van der Waals surface area contributed by atoms with E-state index in [-0.39, 0.29) is 30.2 Å². The molecule has 1 atom stereocenters. The number of fused-ring (bicyclic) bond motifs is 1. The molecule has 2 aromatic carbocycles. The molecule has 4 rings (SSSR count). The van der Waals surface area contributed by atoms with Crippen molar-refractivity contribution in [3.8, 4) is 0 Å². The SMILES string of the molecule is Nc1c(Br)cc(C(=O)CC(N)C(=O)N2CCC(N3Cc4ccccc4NC3=O)CC2)cc1Br. The highest BCUT2D eigenvalue weighted by molar-refractivity contribution is 9.11. The highest BCUT2D eigenvalue weighted by Crippen LogP contribution is 2.30. The molecule has 2 aliphatic heterocycles. The number of likely N-dealkylation sites (tertiary alicyclic amines) is 1. The summed E-state index contributed by atoms with van der Waals surface area (Å²) in [5.41, 5.74) is 14.8. The van der Waals surface area contributed by atoms with Crippen molar-refractivity contribution in [1.82, 2.24) is 9.80 Å². The Kier molecular flexibility index (Phi) is 7.06. The van der Waals surface area contributed by atoms with Crippen LogP contribution in [0.4, 0.5) is 16.2 Å². The molecule has 2 heterocycles. The van der Waals surface area contributed by atoms with Gasteiger partial charge in [-0.25, -0.2) is 4.79 Å². The quantitative estimate of drug-likeness (QED) is 0.368. The third-order valence-corrected chi connectivity index (χ3v) is 7.51. The summed E-state index contributed by atoms with van der Waals surface area (Å²) in [6.45, 7) is 1.55. The summed E-state index contributed by atoms with van der Waals surface area (Å²) < 4.78 is 1.21. The molecule has 5 N–H and O–H groups in total.